The standard InChI is InChI=1S/C13H21N2O5P/c1-3-19-21(18,20-4-2)11-7-5-6-9-15-10-8-12(16)14-13(15)17/h5-6,8,10H,3-4,7,9,11H2,1-2H3,(H,14,16,17)/b6-5+. The number of nitrogens with one attached hydrogen (secondary N) is 1. The summed E-state index contributed by atoms with van der Waals surface area (Å²) in [7, 11) is -3.01. The lowest BCUT2D eigenvalue weighted by Gasteiger charge is -2.15. The van der Waals surface area contributed by atoms with Gasteiger partial charge in [-0.25, -0.2) is 4.79 Å². The minimum absolute atomic E-state index is 0.297. The molecule has 0 aliphatic heterocycles. The van der Waals surface area contributed by atoms with Crippen molar-refractivity contribution in [1.82, 2.24) is 9.55 Å². The van der Waals surface area contributed by atoms with Crippen LogP contribution in [-0.4, -0.2) is 28.9 Å². The van der Waals surface area contributed by atoms with Crippen molar-refractivity contribution in [3.63, 3.8) is 0 Å². The second kappa shape index (κ2) is 8.77. The molecule has 0 amide bonds. The van der Waals surface area contributed by atoms with E-state index in [9.17, 15) is 14.2 Å². The molecule has 0 unspecified atom stereocenters. The quantitative estimate of drug-likeness (QED) is 0.553. The molecule has 0 radical (unpaired) electrons. The number of hydrogen-bond donors (Lipinski definition) is 1. The van der Waals surface area contributed by atoms with Gasteiger partial charge in [-0.1, -0.05) is 12.2 Å². The second-order valence-electron chi connectivity index (χ2n) is 4.19. The van der Waals surface area contributed by atoms with Crippen molar-refractivity contribution in [2.45, 2.75) is 26.8 Å². The van der Waals surface area contributed by atoms with Gasteiger partial charge in [-0.15, -0.1) is 0 Å². The van der Waals surface area contributed by atoms with Crippen LogP contribution in [0.25, 0.3) is 0 Å². The van der Waals surface area contributed by atoms with E-state index in [-0.39, 0.29) is 0 Å². The van der Waals surface area contributed by atoms with E-state index in [1.54, 1.807) is 19.9 Å². The highest BCUT2D eigenvalue weighted by molar-refractivity contribution is 7.53. The van der Waals surface area contributed by atoms with E-state index in [0.717, 1.165) is 0 Å². The van der Waals surface area contributed by atoms with Crippen molar-refractivity contribution >= 4 is 7.60 Å². The zero-order chi connectivity index (χ0) is 15.7. The first kappa shape index (κ1) is 17.6. The van der Waals surface area contributed by atoms with Gasteiger partial charge in [-0.05, 0) is 20.3 Å². The summed E-state index contributed by atoms with van der Waals surface area (Å²) in [5, 5.41) is 0. The Bertz CT molecular complexity index is 609. The van der Waals surface area contributed by atoms with Crippen LogP contribution >= 0.6 is 7.60 Å². The summed E-state index contributed by atoms with van der Waals surface area (Å²) in [5.74, 6) is 0. The molecule has 8 heteroatoms. The highest BCUT2D eigenvalue weighted by Gasteiger charge is 2.21. The normalized spacial score (nSPS) is 12.1. The summed E-state index contributed by atoms with van der Waals surface area (Å²) >= 11 is 0. The zero-order valence-corrected chi connectivity index (χ0v) is 13.2. The van der Waals surface area contributed by atoms with Crippen molar-refractivity contribution in [1.29, 1.82) is 0 Å². The monoisotopic (exact) mass is 316 g/mol. The zero-order valence-electron chi connectivity index (χ0n) is 12.3. The molecular formula is C13H21N2O5P. The first-order valence-electron chi connectivity index (χ1n) is 6.83. The van der Waals surface area contributed by atoms with Gasteiger partial charge in [0.05, 0.1) is 19.4 Å². The molecule has 0 bridgehead atoms. The number of rotatable bonds is 9. The third-order valence-electron chi connectivity index (χ3n) is 2.59. The second-order valence-corrected chi connectivity index (χ2v) is 6.38. The fraction of sp³-hybridized carbons (Fsp3) is 0.538. The Labute approximate surface area is 123 Å². The maximum atomic E-state index is 12.2. The molecule has 21 heavy (non-hydrogen) atoms. The van der Waals surface area contributed by atoms with Gasteiger partial charge in [-0.3, -0.25) is 18.9 Å². The highest BCUT2D eigenvalue weighted by Crippen LogP contribution is 2.48. The number of H-pyrrole nitrogens is 1. The molecule has 0 aliphatic rings. The molecule has 0 atom stereocenters. The lowest BCUT2D eigenvalue weighted by molar-refractivity contribution is 0.220. The Balaban J connectivity index is 2.49. The summed E-state index contributed by atoms with van der Waals surface area (Å²) in [6.45, 7) is 4.55. The van der Waals surface area contributed by atoms with E-state index in [0.29, 0.717) is 32.3 Å². The molecule has 1 aromatic rings. The van der Waals surface area contributed by atoms with Crippen LogP contribution in [0.5, 0.6) is 0 Å². The van der Waals surface area contributed by atoms with E-state index >= 15 is 0 Å². The van der Waals surface area contributed by atoms with Gasteiger partial charge in [-0.2, -0.15) is 0 Å². The summed E-state index contributed by atoms with van der Waals surface area (Å²) in [6, 6.07) is 1.29. The van der Waals surface area contributed by atoms with Crippen LogP contribution in [0.4, 0.5) is 0 Å². The van der Waals surface area contributed by atoms with Crippen LogP contribution < -0.4 is 11.2 Å². The van der Waals surface area contributed by atoms with E-state index in [1.165, 1.54) is 16.8 Å². The Morgan fingerprint density at radius 3 is 2.48 bits per heavy atom. The number of hydrogen-bond acceptors (Lipinski definition) is 5. The van der Waals surface area contributed by atoms with E-state index in [2.05, 4.69) is 4.98 Å². The van der Waals surface area contributed by atoms with Gasteiger partial charge in [0.15, 0.2) is 0 Å². The van der Waals surface area contributed by atoms with E-state index < -0.39 is 18.8 Å². The molecule has 0 saturated heterocycles. The predicted octanol–water partition coefficient (Wildman–Crippen LogP) is 1.75. The average molecular weight is 316 g/mol. The maximum Gasteiger partial charge on any atom is 0.330 e. The van der Waals surface area contributed by atoms with Crippen molar-refractivity contribution in [2.24, 2.45) is 0 Å². The topological polar surface area (TPSA) is 90.4 Å². The minimum atomic E-state index is -3.01. The van der Waals surface area contributed by atoms with Crippen LogP contribution in [0.15, 0.2) is 34.0 Å². The maximum absolute atomic E-state index is 12.2. The third kappa shape index (κ3) is 6.25. The first-order chi connectivity index (χ1) is 10.0. The first-order valence-corrected chi connectivity index (χ1v) is 8.56. The summed E-state index contributed by atoms with van der Waals surface area (Å²) in [6.07, 6.45) is 5.82. The lowest BCUT2D eigenvalue weighted by Crippen LogP contribution is -2.28. The number of aromatic amines is 1. The van der Waals surface area contributed by atoms with Gasteiger partial charge in [0.1, 0.15) is 0 Å². The van der Waals surface area contributed by atoms with Gasteiger partial charge in [0.25, 0.3) is 5.56 Å². The third-order valence-corrected chi connectivity index (χ3v) is 4.70. The largest absolute Gasteiger partial charge is 0.330 e. The predicted molar refractivity (Wildman–Crippen MR) is 80.8 cm³/mol. The summed E-state index contributed by atoms with van der Waals surface area (Å²) in [5.41, 5.74) is -0.879. The van der Waals surface area contributed by atoms with Gasteiger partial charge in [0.2, 0.25) is 0 Å². The molecule has 0 saturated carbocycles. The average Bonchev–Trinajstić information content (AvgIpc) is 2.41. The molecule has 0 aliphatic carbocycles. The highest BCUT2D eigenvalue weighted by atomic mass is 31.2. The summed E-state index contributed by atoms with van der Waals surface area (Å²) in [4.78, 5) is 24.5. The van der Waals surface area contributed by atoms with Crippen LogP contribution in [0, 0.1) is 0 Å². The molecule has 0 aromatic carbocycles. The molecule has 0 fully saturated rings. The molecular weight excluding hydrogens is 295 g/mol. The van der Waals surface area contributed by atoms with Crippen LogP contribution in [0.1, 0.15) is 20.3 Å². The Hall–Kier alpha value is -1.43. The van der Waals surface area contributed by atoms with Crippen LogP contribution in [0.2, 0.25) is 0 Å². The molecule has 1 N–H and O–H groups in total. The summed E-state index contributed by atoms with van der Waals surface area (Å²) < 4.78 is 23.9. The van der Waals surface area contributed by atoms with E-state index in [4.69, 9.17) is 9.05 Å². The molecule has 118 valence electrons. The number of aromatic nitrogens is 2. The van der Waals surface area contributed by atoms with Crippen molar-refractivity contribution in [2.75, 3.05) is 19.4 Å². The Morgan fingerprint density at radius 2 is 1.90 bits per heavy atom. The van der Waals surface area contributed by atoms with Gasteiger partial charge < -0.3 is 9.05 Å². The van der Waals surface area contributed by atoms with Crippen LogP contribution in [0.3, 0.4) is 0 Å². The molecule has 7 nitrogen and oxygen atoms in total. The molecule has 0 spiro atoms. The minimum Gasteiger partial charge on any atom is -0.309 e. The Kier molecular flexibility index (Phi) is 7.36. The van der Waals surface area contributed by atoms with Crippen LogP contribution in [-0.2, 0) is 20.2 Å². The van der Waals surface area contributed by atoms with Gasteiger partial charge in [0, 0.05) is 18.8 Å². The van der Waals surface area contributed by atoms with E-state index in [1.807, 2.05) is 6.08 Å². The molecule has 1 heterocycles. The fourth-order valence-corrected chi connectivity index (χ4v) is 3.27. The van der Waals surface area contributed by atoms with Crippen molar-refractivity contribution < 1.29 is 13.6 Å². The lowest BCUT2D eigenvalue weighted by atomic mass is 10.4. The Morgan fingerprint density at radius 1 is 1.24 bits per heavy atom. The fourth-order valence-electron chi connectivity index (χ4n) is 1.69. The molecule has 1 aromatic heterocycles. The van der Waals surface area contributed by atoms with Crippen molar-refractivity contribution in [3.05, 3.63) is 45.3 Å². The van der Waals surface area contributed by atoms with Crippen molar-refractivity contribution in [3.8, 4) is 0 Å². The number of allylic oxidation sites excluding steroid dienone is 2. The smallest absolute Gasteiger partial charge is 0.309 e. The van der Waals surface area contributed by atoms with Gasteiger partial charge >= 0.3 is 13.3 Å². The molecule has 1 rings (SSSR count). The SMILES string of the molecule is CCOP(=O)(CC/C=C/Cn1ccc(=O)[nH]c1=O)OCC. The number of nitrogens with zero attached hydrogens (tertiary/aromatic N) is 1.